The van der Waals surface area contributed by atoms with E-state index in [1.54, 1.807) is 0 Å². The summed E-state index contributed by atoms with van der Waals surface area (Å²) in [5.74, 6) is -0.684. The minimum atomic E-state index is -0.930. The van der Waals surface area contributed by atoms with Crippen LogP contribution in [0.1, 0.15) is 19.8 Å². The van der Waals surface area contributed by atoms with E-state index < -0.39 is 12.3 Å². The lowest BCUT2D eigenvalue weighted by Crippen LogP contribution is -2.35. The summed E-state index contributed by atoms with van der Waals surface area (Å²) in [5.41, 5.74) is 0.310. The van der Waals surface area contributed by atoms with Crippen LogP contribution in [0.3, 0.4) is 0 Å². The second-order valence-electron chi connectivity index (χ2n) is 4.14. The Bertz CT molecular complexity index is 284. The van der Waals surface area contributed by atoms with Crippen molar-refractivity contribution in [1.29, 1.82) is 0 Å². The number of hydrogen-bond donors (Lipinski definition) is 2. The van der Waals surface area contributed by atoms with Crippen molar-refractivity contribution in [3.8, 4) is 0 Å². The summed E-state index contributed by atoms with van der Waals surface area (Å²) < 4.78 is 4.95. The Balaban J connectivity index is 2.28. The second kappa shape index (κ2) is 3.28. The van der Waals surface area contributed by atoms with Crippen LogP contribution in [-0.2, 0) is 9.53 Å². The third kappa shape index (κ3) is 1.30. The van der Waals surface area contributed by atoms with Crippen LogP contribution in [0.25, 0.3) is 0 Å². The Morgan fingerprint density at radius 2 is 2.29 bits per heavy atom. The number of carbonyl (C=O) groups is 1. The normalized spacial score (nSPS) is 41.1. The molecule has 0 amide bonds. The van der Waals surface area contributed by atoms with Gasteiger partial charge in [-0.3, -0.25) is 0 Å². The molecule has 0 radical (unpaired) electrons. The molecular formula is C10H14O4. The number of aliphatic carboxylic acids is 1. The molecule has 0 aromatic rings. The highest BCUT2D eigenvalue weighted by Crippen LogP contribution is 2.45. The fraction of sp³-hybridized carbons (Fsp3) is 0.700. The van der Waals surface area contributed by atoms with E-state index in [9.17, 15) is 9.90 Å². The number of rotatable bonds is 1. The summed E-state index contributed by atoms with van der Waals surface area (Å²) in [7, 11) is 0. The molecule has 1 heterocycles. The van der Waals surface area contributed by atoms with E-state index in [0.29, 0.717) is 11.5 Å². The maximum Gasteiger partial charge on any atom is 0.334 e. The van der Waals surface area contributed by atoms with Crippen LogP contribution in [0.4, 0.5) is 0 Å². The molecule has 1 fully saturated rings. The standard InChI is InChI=1S/C10H14O4/c1-5-2-3-6-7(9(11)12)4-14-10(13)8(5)6/h4-6,8,10,13H,2-3H2,1H3,(H,11,12)/t5-,6+,8+,10+/m0/s1. The molecule has 4 atom stereocenters. The van der Waals surface area contributed by atoms with E-state index in [-0.39, 0.29) is 11.8 Å². The lowest BCUT2D eigenvalue weighted by molar-refractivity contribution is -0.141. The average molecular weight is 198 g/mol. The van der Waals surface area contributed by atoms with Crippen LogP contribution in [0.15, 0.2) is 11.8 Å². The third-order valence-electron chi connectivity index (χ3n) is 3.36. The van der Waals surface area contributed by atoms with Gasteiger partial charge in [0.25, 0.3) is 0 Å². The maximum absolute atomic E-state index is 10.9. The molecule has 0 saturated heterocycles. The average Bonchev–Trinajstić information content (AvgIpc) is 2.49. The second-order valence-corrected chi connectivity index (χ2v) is 4.14. The van der Waals surface area contributed by atoms with Crippen molar-refractivity contribution < 1.29 is 19.7 Å². The number of aliphatic hydroxyl groups is 1. The van der Waals surface area contributed by atoms with Gasteiger partial charge in [0.1, 0.15) is 0 Å². The molecule has 0 aromatic carbocycles. The van der Waals surface area contributed by atoms with E-state index in [4.69, 9.17) is 9.84 Å². The molecule has 14 heavy (non-hydrogen) atoms. The first-order chi connectivity index (χ1) is 6.61. The van der Waals surface area contributed by atoms with E-state index in [0.717, 1.165) is 12.8 Å². The lowest BCUT2D eigenvalue weighted by atomic mass is 9.84. The molecule has 1 saturated carbocycles. The van der Waals surface area contributed by atoms with Gasteiger partial charge in [0.15, 0.2) is 6.29 Å². The zero-order valence-electron chi connectivity index (χ0n) is 8.01. The number of ether oxygens (including phenoxy) is 1. The van der Waals surface area contributed by atoms with Gasteiger partial charge in [0.2, 0.25) is 0 Å². The van der Waals surface area contributed by atoms with Crippen LogP contribution in [0, 0.1) is 17.8 Å². The largest absolute Gasteiger partial charge is 0.478 e. The number of aliphatic hydroxyl groups excluding tert-OH is 1. The summed E-state index contributed by atoms with van der Waals surface area (Å²) in [6.07, 6.45) is 2.16. The van der Waals surface area contributed by atoms with Crippen molar-refractivity contribution in [2.24, 2.45) is 17.8 Å². The number of hydrogen-bond acceptors (Lipinski definition) is 3. The van der Waals surface area contributed by atoms with Crippen molar-refractivity contribution in [2.75, 3.05) is 0 Å². The molecule has 1 aliphatic carbocycles. The SMILES string of the molecule is C[C@H]1CC[C@@H]2C(C(=O)O)=CO[C@@H](O)[C@@H]21. The number of fused-ring (bicyclic) bond motifs is 1. The number of carboxylic acid groups (broad SMARTS) is 1. The van der Waals surface area contributed by atoms with Gasteiger partial charge in [0, 0.05) is 11.8 Å². The van der Waals surface area contributed by atoms with E-state index >= 15 is 0 Å². The van der Waals surface area contributed by atoms with Crippen molar-refractivity contribution in [3.63, 3.8) is 0 Å². The molecule has 0 bridgehead atoms. The molecule has 1 aliphatic heterocycles. The van der Waals surface area contributed by atoms with Gasteiger partial charge in [0.05, 0.1) is 11.8 Å². The summed E-state index contributed by atoms with van der Waals surface area (Å²) in [5, 5.41) is 18.5. The highest BCUT2D eigenvalue weighted by molar-refractivity contribution is 5.87. The summed E-state index contributed by atoms with van der Waals surface area (Å²) in [4.78, 5) is 10.9. The Hall–Kier alpha value is -1.03. The minimum absolute atomic E-state index is 0.0359. The van der Waals surface area contributed by atoms with Crippen LogP contribution < -0.4 is 0 Å². The molecule has 2 aliphatic rings. The van der Waals surface area contributed by atoms with Crippen molar-refractivity contribution in [3.05, 3.63) is 11.8 Å². The van der Waals surface area contributed by atoms with Gasteiger partial charge in [-0.1, -0.05) is 6.92 Å². The Morgan fingerprint density at radius 3 is 2.93 bits per heavy atom. The first-order valence-corrected chi connectivity index (χ1v) is 4.88. The van der Waals surface area contributed by atoms with Crippen molar-refractivity contribution in [1.82, 2.24) is 0 Å². The summed E-state index contributed by atoms with van der Waals surface area (Å²) in [6.45, 7) is 2.03. The van der Waals surface area contributed by atoms with Gasteiger partial charge in [-0.05, 0) is 18.8 Å². The predicted molar refractivity (Wildman–Crippen MR) is 48.2 cm³/mol. The number of carboxylic acids is 1. The molecule has 0 spiro atoms. The van der Waals surface area contributed by atoms with E-state index in [1.165, 1.54) is 6.26 Å². The van der Waals surface area contributed by atoms with E-state index in [2.05, 4.69) is 0 Å². The van der Waals surface area contributed by atoms with Gasteiger partial charge in [-0.2, -0.15) is 0 Å². The van der Waals surface area contributed by atoms with Gasteiger partial charge < -0.3 is 14.9 Å². The van der Waals surface area contributed by atoms with Crippen molar-refractivity contribution in [2.45, 2.75) is 26.1 Å². The van der Waals surface area contributed by atoms with Crippen LogP contribution >= 0.6 is 0 Å². The quantitative estimate of drug-likeness (QED) is 0.658. The molecule has 0 aromatic heterocycles. The molecule has 78 valence electrons. The summed E-state index contributed by atoms with van der Waals surface area (Å²) in [6, 6.07) is 0. The topological polar surface area (TPSA) is 66.8 Å². The highest BCUT2D eigenvalue weighted by Gasteiger charge is 2.45. The van der Waals surface area contributed by atoms with Gasteiger partial charge in [-0.15, -0.1) is 0 Å². The fourth-order valence-corrected chi connectivity index (χ4v) is 2.60. The van der Waals surface area contributed by atoms with Crippen molar-refractivity contribution >= 4 is 5.97 Å². The molecule has 2 N–H and O–H groups in total. The zero-order valence-corrected chi connectivity index (χ0v) is 8.01. The fourth-order valence-electron chi connectivity index (χ4n) is 2.60. The zero-order chi connectivity index (χ0) is 10.3. The Labute approximate surface area is 82.2 Å². The molecule has 0 unspecified atom stereocenters. The Kier molecular flexibility index (Phi) is 2.23. The van der Waals surface area contributed by atoms with Crippen LogP contribution in [0.2, 0.25) is 0 Å². The monoisotopic (exact) mass is 198 g/mol. The van der Waals surface area contributed by atoms with E-state index in [1.807, 2.05) is 6.92 Å². The first kappa shape index (κ1) is 9.52. The molecule has 4 heteroatoms. The lowest BCUT2D eigenvalue weighted by Gasteiger charge is -2.31. The highest BCUT2D eigenvalue weighted by atomic mass is 16.6. The molecular weight excluding hydrogens is 184 g/mol. The predicted octanol–water partition coefficient (Wildman–Crippen LogP) is 0.966. The van der Waals surface area contributed by atoms with Crippen LogP contribution in [0.5, 0.6) is 0 Å². The first-order valence-electron chi connectivity index (χ1n) is 4.88. The smallest absolute Gasteiger partial charge is 0.334 e. The maximum atomic E-state index is 10.9. The van der Waals surface area contributed by atoms with Gasteiger partial charge >= 0.3 is 5.97 Å². The minimum Gasteiger partial charge on any atom is -0.478 e. The third-order valence-corrected chi connectivity index (χ3v) is 3.36. The van der Waals surface area contributed by atoms with Gasteiger partial charge in [-0.25, -0.2) is 4.79 Å². The summed E-state index contributed by atoms with van der Waals surface area (Å²) >= 11 is 0. The molecule has 4 nitrogen and oxygen atoms in total. The molecule has 2 rings (SSSR count). The van der Waals surface area contributed by atoms with Crippen LogP contribution in [-0.4, -0.2) is 22.5 Å². The Morgan fingerprint density at radius 1 is 1.57 bits per heavy atom.